The monoisotopic (exact) mass is 202 g/mol. The Labute approximate surface area is 83.5 Å². The van der Waals surface area contributed by atoms with Crippen LogP contribution in [-0.2, 0) is 0 Å². The molecule has 66 valence electrons. The number of halogens is 2. The lowest BCUT2D eigenvalue weighted by Crippen LogP contribution is -1.97. The Kier molecular flexibility index (Phi) is 3.42. The third kappa shape index (κ3) is 2.15. The maximum Gasteiger partial charge on any atom is 0.0408 e. The fourth-order valence-corrected chi connectivity index (χ4v) is 1.67. The van der Waals surface area contributed by atoms with Gasteiger partial charge in [0.25, 0.3) is 0 Å². The van der Waals surface area contributed by atoms with Gasteiger partial charge in [0.1, 0.15) is 0 Å². The molecule has 1 rings (SSSR count). The Morgan fingerprint density at radius 3 is 2.58 bits per heavy atom. The number of alkyl halides is 1. The predicted molar refractivity (Wildman–Crippen MR) is 55.3 cm³/mol. The van der Waals surface area contributed by atoms with Crippen molar-refractivity contribution in [2.75, 3.05) is 5.88 Å². The van der Waals surface area contributed by atoms with E-state index in [1.165, 1.54) is 11.1 Å². The summed E-state index contributed by atoms with van der Waals surface area (Å²) >= 11 is 11.6. The van der Waals surface area contributed by atoms with E-state index >= 15 is 0 Å². The molecule has 2 heteroatoms. The Morgan fingerprint density at radius 2 is 2.08 bits per heavy atom. The summed E-state index contributed by atoms with van der Waals surface area (Å²) in [5.41, 5.74) is 2.50. The molecule has 0 aromatic heterocycles. The van der Waals surface area contributed by atoms with Gasteiger partial charge >= 0.3 is 0 Å². The van der Waals surface area contributed by atoms with E-state index in [4.69, 9.17) is 23.2 Å². The van der Waals surface area contributed by atoms with E-state index in [2.05, 4.69) is 13.8 Å². The fraction of sp³-hybridized carbons (Fsp3) is 0.400. The van der Waals surface area contributed by atoms with Crippen molar-refractivity contribution in [1.82, 2.24) is 0 Å². The first-order valence-electron chi connectivity index (χ1n) is 3.97. The normalized spacial score (nSPS) is 13.0. The molecule has 0 radical (unpaired) electrons. The largest absolute Gasteiger partial charge is 0.126 e. The topological polar surface area (TPSA) is 0 Å². The van der Waals surface area contributed by atoms with E-state index in [-0.39, 0.29) is 0 Å². The maximum atomic E-state index is 5.83. The first-order valence-corrected chi connectivity index (χ1v) is 4.88. The summed E-state index contributed by atoms with van der Waals surface area (Å²) < 4.78 is 0. The van der Waals surface area contributed by atoms with Crippen molar-refractivity contribution in [3.8, 4) is 0 Å². The molecule has 0 bridgehead atoms. The van der Waals surface area contributed by atoms with Gasteiger partial charge in [0.2, 0.25) is 0 Å². The van der Waals surface area contributed by atoms with Gasteiger partial charge in [-0.2, -0.15) is 0 Å². The molecule has 0 heterocycles. The molecule has 0 saturated carbocycles. The van der Waals surface area contributed by atoms with Gasteiger partial charge in [0.15, 0.2) is 0 Å². The molecule has 12 heavy (non-hydrogen) atoms. The third-order valence-corrected chi connectivity index (χ3v) is 2.69. The van der Waals surface area contributed by atoms with Crippen molar-refractivity contribution >= 4 is 23.2 Å². The lowest BCUT2D eigenvalue weighted by Gasteiger charge is -2.11. The molecule has 1 atom stereocenters. The van der Waals surface area contributed by atoms with E-state index in [1.54, 1.807) is 0 Å². The Morgan fingerprint density at radius 1 is 1.42 bits per heavy atom. The van der Waals surface area contributed by atoms with Crippen LogP contribution in [0.15, 0.2) is 18.2 Å². The van der Waals surface area contributed by atoms with E-state index in [0.29, 0.717) is 11.8 Å². The van der Waals surface area contributed by atoms with Crippen LogP contribution in [0.4, 0.5) is 0 Å². The first-order chi connectivity index (χ1) is 5.65. The molecule has 0 fully saturated rings. The highest BCUT2D eigenvalue weighted by atomic mass is 35.5. The van der Waals surface area contributed by atoms with Crippen molar-refractivity contribution in [3.05, 3.63) is 34.3 Å². The lowest BCUT2D eigenvalue weighted by molar-refractivity contribution is 0.865. The van der Waals surface area contributed by atoms with Crippen molar-refractivity contribution in [3.63, 3.8) is 0 Å². The van der Waals surface area contributed by atoms with E-state index in [1.807, 2.05) is 18.2 Å². The molecule has 0 aliphatic rings. The van der Waals surface area contributed by atoms with Crippen molar-refractivity contribution in [2.24, 2.45) is 0 Å². The zero-order valence-corrected chi connectivity index (χ0v) is 8.78. The summed E-state index contributed by atoms with van der Waals surface area (Å²) in [5.74, 6) is 1.06. The molecule has 0 nitrogen and oxygen atoms in total. The van der Waals surface area contributed by atoms with Gasteiger partial charge in [-0.25, -0.2) is 0 Å². The first kappa shape index (κ1) is 9.88. The second kappa shape index (κ2) is 4.15. The van der Waals surface area contributed by atoms with Gasteiger partial charge in [0, 0.05) is 10.9 Å². The second-order valence-electron chi connectivity index (χ2n) is 3.06. The molecule has 0 N–H and O–H groups in total. The SMILES string of the molecule is Cc1cc(Cl)ccc1C(C)CCl. The molecule has 0 spiro atoms. The smallest absolute Gasteiger partial charge is 0.0408 e. The second-order valence-corrected chi connectivity index (χ2v) is 3.80. The Balaban J connectivity index is 3.01. The van der Waals surface area contributed by atoms with E-state index < -0.39 is 0 Å². The number of hydrogen-bond acceptors (Lipinski definition) is 0. The highest BCUT2D eigenvalue weighted by Crippen LogP contribution is 2.23. The van der Waals surface area contributed by atoms with Gasteiger partial charge in [0.05, 0.1) is 0 Å². The minimum atomic E-state index is 0.406. The molecular weight excluding hydrogens is 191 g/mol. The van der Waals surface area contributed by atoms with Crippen LogP contribution in [0.25, 0.3) is 0 Å². The van der Waals surface area contributed by atoms with E-state index in [9.17, 15) is 0 Å². The van der Waals surface area contributed by atoms with Crippen LogP contribution >= 0.6 is 23.2 Å². The fourth-order valence-electron chi connectivity index (χ4n) is 1.28. The summed E-state index contributed by atoms with van der Waals surface area (Å²) in [6, 6.07) is 5.93. The number of rotatable bonds is 2. The van der Waals surface area contributed by atoms with Crippen LogP contribution in [-0.4, -0.2) is 5.88 Å². The predicted octanol–water partition coefficient (Wildman–Crippen LogP) is 3.99. The summed E-state index contributed by atoms with van der Waals surface area (Å²) in [4.78, 5) is 0. The van der Waals surface area contributed by atoms with Gasteiger partial charge in [-0.05, 0) is 36.1 Å². The molecule has 0 aliphatic carbocycles. The minimum absolute atomic E-state index is 0.406. The highest BCUT2D eigenvalue weighted by molar-refractivity contribution is 6.30. The standard InChI is InChI=1S/C10H12Cl2/c1-7-5-9(12)3-4-10(7)8(2)6-11/h3-5,8H,6H2,1-2H3. The number of benzene rings is 1. The molecule has 1 aromatic carbocycles. The van der Waals surface area contributed by atoms with Crippen LogP contribution in [0, 0.1) is 6.92 Å². The molecule has 0 saturated heterocycles. The van der Waals surface area contributed by atoms with Gasteiger partial charge in [-0.3, -0.25) is 0 Å². The molecule has 0 aliphatic heterocycles. The summed E-state index contributed by atoms with van der Waals surface area (Å²) in [5, 5.41) is 0.790. The maximum absolute atomic E-state index is 5.83. The van der Waals surface area contributed by atoms with Gasteiger partial charge in [-0.15, -0.1) is 11.6 Å². The van der Waals surface area contributed by atoms with Crippen LogP contribution in [0.1, 0.15) is 24.0 Å². The quantitative estimate of drug-likeness (QED) is 0.637. The zero-order chi connectivity index (χ0) is 9.14. The van der Waals surface area contributed by atoms with E-state index in [0.717, 1.165) is 5.02 Å². The van der Waals surface area contributed by atoms with Crippen LogP contribution in [0.2, 0.25) is 5.02 Å². The Hall–Kier alpha value is -0.200. The van der Waals surface area contributed by atoms with Crippen LogP contribution in [0.5, 0.6) is 0 Å². The highest BCUT2D eigenvalue weighted by Gasteiger charge is 2.06. The number of aryl methyl sites for hydroxylation is 1. The Bertz CT molecular complexity index is 269. The van der Waals surface area contributed by atoms with Crippen molar-refractivity contribution < 1.29 is 0 Å². The average molecular weight is 203 g/mol. The van der Waals surface area contributed by atoms with Gasteiger partial charge in [-0.1, -0.05) is 24.6 Å². The minimum Gasteiger partial charge on any atom is -0.126 e. The lowest BCUT2D eigenvalue weighted by atomic mass is 9.98. The summed E-state index contributed by atoms with van der Waals surface area (Å²) in [6.45, 7) is 4.17. The molecule has 1 aromatic rings. The molecule has 1 unspecified atom stereocenters. The third-order valence-electron chi connectivity index (χ3n) is 1.99. The van der Waals surface area contributed by atoms with Crippen LogP contribution < -0.4 is 0 Å². The van der Waals surface area contributed by atoms with Crippen molar-refractivity contribution in [1.29, 1.82) is 0 Å². The van der Waals surface area contributed by atoms with Gasteiger partial charge < -0.3 is 0 Å². The molecule has 0 amide bonds. The number of hydrogen-bond donors (Lipinski definition) is 0. The summed E-state index contributed by atoms with van der Waals surface area (Å²) in [6.07, 6.45) is 0. The van der Waals surface area contributed by atoms with Crippen LogP contribution in [0.3, 0.4) is 0 Å². The summed E-state index contributed by atoms with van der Waals surface area (Å²) in [7, 11) is 0. The zero-order valence-electron chi connectivity index (χ0n) is 7.27. The molecular formula is C10H12Cl2. The van der Waals surface area contributed by atoms with Crippen molar-refractivity contribution in [2.45, 2.75) is 19.8 Å². The average Bonchev–Trinajstić information content (AvgIpc) is 2.03.